The van der Waals surface area contributed by atoms with Crippen LogP contribution in [0.2, 0.25) is 0 Å². The van der Waals surface area contributed by atoms with Gasteiger partial charge in [-0.1, -0.05) is 30.3 Å². The number of hydrogen-bond acceptors (Lipinski definition) is 5. The summed E-state index contributed by atoms with van der Waals surface area (Å²) in [6.07, 6.45) is 0.965. The van der Waals surface area contributed by atoms with Gasteiger partial charge < -0.3 is 9.15 Å². The Hall–Kier alpha value is -2.41. The molecule has 0 aliphatic heterocycles. The van der Waals surface area contributed by atoms with Gasteiger partial charge in [0.15, 0.2) is 5.58 Å². The molecular weight excluding hydrogens is 338 g/mol. The van der Waals surface area contributed by atoms with Gasteiger partial charge in [-0.15, -0.1) is 0 Å². The minimum atomic E-state index is -0.635. The van der Waals surface area contributed by atoms with Crippen LogP contribution in [0.4, 0.5) is 10.8 Å². The van der Waals surface area contributed by atoms with E-state index in [4.69, 9.17) is 9.15 Å². The highest BCUT2D eigenvalue weighted by atomic mass is 79.9. The first-order valence-electron chi connectivity index (χ1n) is 6.10. The molecule has 21 heavy (non-hydrogen) atoms. The maximum atomic E-state index is 11.7. The lowest BCUT2D eigenvalue weighted by molar-refractivity contribution is 0.154. The molecule has 0 bridgehead atoms. The maximum absolute atomic E-state index is 11.7. The standard InChI is InChI=1S/C14H10BrN3O3/c15-10-6-11-12(16-7-10)17-13(21-11)18-14(19)20-8-9-4-2-1-3-5-9/h1-7H,8H2,(H,16,17,18,19). The fourth-order valence-corrected chi connectivity index (χ4v) is 2.01. The minimum Gasteiger partial charge on any atom is -0.444 e. The molecule has 0 aliphatic rings. The lowest BCUT2D eigenvalue weighted by atomic mass is 10.2. The van der Waals surface area contributed by atoms with Gasteiger partial charge in [-0.25, -0.2) is 15.1 Å². The molecule has 2 heterocycles. The van der Waals surface area contributed by atoms with Crippen molar-refractivity contribution in [1.82, 2.24) is 9.97 Å². The van der Waals surface area contributed by atoms with Crippen molar-refractivity contribution in [2.24, 2.45) is 0 Å². The number of carbonyl (C=O) groups is 1. The summed E-state index contributed by atoms with van der Waals surface area (Å²) in [4.78, 5) is 19.8. The van der Waals surface area contributed by atoms with E-state index in [1.807, 2.05) is 30.3 Å². The molecule has 0 radical (unpaired) electrons. The average molecular weight is 348 g/mol. The van der Waals surface area contributed by atoms with Crippen LogP contribution in [0.1, 0.15) is 5.56 Å². The third-order valence-electron chi connectivity index (χ3n) is 2.64. The van der Waals surface area contributed by atoms with E-state index >= 15 is 0 Å². The molecule has 1 aromatic carbocycles. The topological polar surface area (TPSA) is 77.3 Å². The average Bonchev–Trinajstić information content (AvgIpc) is 2.87. The number of pyridine rings is 1. The van der Waals surface area contributed by atoms with Crippen LogP contribution in [0, 0.1) is 0 Å². The van der Waals surface area contributed by atoms with Crippen LogP contribution in [0.5, 0.6) is 0 Å². The van der Waals surface area contributed by atoms with Crippen molar-refractivity contribution >= 4 is 39.3 Å². The molecule has 1 amide bonds. The van der Waals surface area contributed by atoms with Crippen molar-refractivity contribution in [3.05, 3.63) is 52.6 Å². The van der Waals surface area contributed by atoms with E-state index in [1.54, 1.807) is 12.3 Å². The van der Waals surface area contributed by atoms with Crippen LogP contribution >= 0.6 is 15.9 Å². The second-order valence-corrected chi connectivity index (χ2v) is 5.10. The smallest absolute Gasteiger partial charge is 0.415 e. The number of amides is 1. The Morgan fingerprint density at radius 3 is 2.95 bits per heavy atom. The van der Waals surface area contributed by atoms with Gasteiger partial charge in [0.05, 0.1) is 0 Å². The Morgan fingerprint density at radius 1 is 1.33 bits per heavy atom. The summed E-state index contributed by atoms with van der Waals surface area (Å²) in [6, 6.07) is 11.2. The van der Waals surface area contributed by atoms with Crippen molar-refractivity contribution < 1.29 is 13.9 Å². The number of aromatic nitrogens is 2. The quantitative estimate of drug-likeness (QED) is 0.780. The van der Waals surface area contributed by atoms with E-state index in [-0.39, 0.29) is 12.6 Å². The largest absolute Gasteiger partial charge is 0.444 e. The van der Waals surface area contributed by atoms with Gasteiger partial charge in [-0.3, -0.25) is 0 Å². The van der Waals surface area contributed by atoms with Gasteiger partial charge in [0.25, 0.3) is 0 Å². The minimum absolute atomic E-state index is 0.0497. The zero-order valence-electron chi connectivity index (χ0n) is 10.7. The van der Waals surface area contributed by atoms with Crippen molar-refractivity contribution in [3.63, 3.8) is 0 Å². The Bertz CT molecular complexity index is 773. The first-order valence-corrected chi connectivity index (χ1v) is 6.90. The Labute approximate surface area is 128 Å². The normalized spacial score (nSPS) is 10.5. The van der Waals surface area contributed by atoms with Crippen molar-refractivity contribution in [2.75, 3.05) is 5.32 Å². The number of nitrogens with zero attached hydrogens (tertiary/aromatic N) is 2. The van der Waals surface area contributed by atoms with E-state index in [9.17, 15) is 4.79 Å². The Balaban J connectivity index is 1.63. The first kappa shape index (κ1) is 13.6. The van der Waals surface area contributed by atoms with Crippen molar-refractivity contribution in [3.8, 4) is 0 Å². The molecule has 1 N–H and O–H groups in total. The number of hydrogen-bond donors (Lipinski definition) is 1. The molecule has 6 nitrogen and oxygen atoms in total. The summed E-state index contributed by atoms with van der Waals surface area (Å²) in [5, 5.41) is 2.43. The lowest BCUT2D eigenvalue weighted by Gasteiger charge is -2.03. The zero-order valence-corrected chi connectivity index (χ0v) is 12.3. The van der Waals surface area contributed by atoms with E-state index in [0.29, 0.717) is 11.2 Å². The summed E-state index contributed by atoms with van der Waals surface area (Å²) in [6.45, 7) is 0.177. The zero-order chi connectivity index (χ0) is 14.7. The SMILES string of the molecule is O=C(Nc1nc2ncc(Br)cc2o1)OCc1ccccc1. The van der Waals surface area contributed by atoms with E-state index in [0.717, 1.165) is 10.0 Å². The van der Waals surface area contributed by atoms with Crippen molar-refractivity contribution in [2.45, 2.75) is 6.61 Å². The highest BCUT2D eigenvalue weighted by Gasteiger charge is 2.11. The molecule has 0 atom stereocenters. The molecule has 3 rings (SSSR count). The Morgan fingerprint density at radius 2 is 2.14 bits per heavy atom. The van der Waals surface area contributed by atoms with Gasteiger partial charge in [0.2, 0.25) is 5.65 Å². The number of anilines is 1. The highest BCUT2D eigenvalue weighted by Crippen LogP contribution is 2.20. The summed E-state index contributed by atoms with van der Waals surface area (Å²) >= 11 is 3.28. The molecule has 0 saturated heterocycles. The van der Waals surface area contributed by atoms with E-state index in [2.05, 4.69) is 31.2 Å². The summed E-state index contributed by atoms with van der Waals surface area (Å²) in [7, 11) is 0. The van der Waals surface area contributed by atoms with Gasteiger partial charge in [0.1, 0.15) is 6.61 Å². The number of nitrogens with one attached hydrogen (secondary N) is 1. The number of halogens is 1. The van der Waals surface area contributed by atoms with Gasteiger partial charge >= 0.3 is 12.1 Å². The third kappa shape index (κ3) is 3.38. The molecular formula is C14H10BrN3O3. The van der Waals surface area contributed by atoms with Crippen LogP contribution in [0.25, 0.3) is 11.2 Å². The monoisotopic (exact) mass is 347 g/mol. The summed E-state index contributed by atoms with van der Waals surface area (Å²) < 4.78 is 11.2. The molecule has 0 aliphatic carbocycles. The molecule has 0 unspecified atom stereocenters. The van der Waals surface area contributed by atoms with Crippen LogP contribution in [0.15, 0.2) is 51.5 Å². The molecule has 106 valence electrons. The molecule has 0 saturated carbocycles. The number of benzene rings is 1. The predicted molar refractivity (Wildman–Crippen MR) is 79.8 cm³/mol. The number of oxazole rings is 1. The predicted octanol–water partition coefficient (Wildman–Crippen LogP) is 3.73. The highest BCUT2D eigenvalue weighted by molar-refractivity contribution is 9.10. The van der Waals surface area contributed by atoms with E-state index < -0.39 is 6.09 Å². The molecule has 0 fully saturated rings. The molecule has 3 aromatic rings. The van der Waals surface area contributed by atoms with Crippen molar-refractivity contribution in [1.29, 1.82) is 0 Å². The maximum Gasteiger partial charge on any atom is 0.415 e. The fraction of sp³-hybridized carbons (Fsp3) is 0.0714. The Kier molecular flexibility index (Phi) is 3.83. The number of rotatable bonds is 3. The molecule has 7 heteroatoms. The molecule has 2 aromatic heterocycles. The number of fused-ring (bicyclic) bond motifs is 1. The van der Waals surface area contributed by atoms with E-state index in [1.165, 1.54) is 0 Å². The van der Waals surface area contributed by atoms with Crippen LogP contribution < -0.4 is 5.32 Å². The summed E-state index contributed by atoms with van der Waals surface area (Å²) in [5.74, 6) is 0. The second-order valence-electron chi connectivity index (χ2n) is 4.18. The summed E-state index contributed by atoms with van der Waals surface area (Å²) in [5.41, 5.74) is 1.79. The second kappa shape index (κ2) is 5.92. The lowest BCUT2D eigenvalue weighted by Crippen LogP contribution is -2.13. The van der Waals surface area contributed by atoms with Crippen LogP contribution in [-0.2, 0) is 11.3 Å². The van der Waals surface area contributed by atoms with Gasteiger partial charge in [0, 0.05) is 16.7 Å². The van der Waals surface area contributed by atoms with Crippen LogP contribution in [-0.4, -0.2) is 16.1 Å². The third-order valence-corrected chi connectivity index (χ3v) is 3.07. The molecule has 0 spiro atoms. The number of carbonyl (C=O) groups excluding carboxylic acids is 1. The van der Waals surface area contributed by atoms with Crippen LogP contribution in [0.3, 0.4) is 0 Å². The number of ether oxygens (including phenoxy) is 1. The first-order chi connectivity index (χ1) is 10.2. The van der Waals surface area contributed by atoms with Gasteiger partial charge in [-0.05, 0) is 21.5 Å². The fourth-order valence-electron chi connectivity index (χ4n) is 1.70. The van der Waals surface area contributed by atoms with Gasteiger partial charge in [-0.2, -0.15) is 4.98 Å².